The van der Waals surface area contributed by atoms with E-state index in [1.807, 2.05) is 0 Å². The summed E-state index contributed by atoms with van der Waals surface area (Å²) in [6, 6.07) is 6.26. The number of rotatable bonds is 5. The topological polar surface area (TPSA) is 72.5 Å². The lowest BCUT2D eigenvalue weighted by atomic mass is 9.98. The first kappa shape index (κ1) is 20.7. The molecule has 0 fully saturated rings. The van der Waals surface area contributed by atoms with Crippen molar-refractivity contribution < 1.29 is 31.1 Å². The third kappa shape index (κ3) is 4.30. The number of carbonyl (C=O) groups is 1. The van der Waals surface area contributed by atoms with E-state index in [1.165, 1.54) is 11.1 Å². The Kier molecular flexibility index (Phi) is 5.25. The first-order chi connectivity index (χ1) is 14.1. The Balaban J connectivity index is 1.55. The summed E-state index contributed by atoms with van der Waals surface area (Å²) in [6.45, 7) is 0. The molecule has 4 rings (SSSR count). The second kappa shape index (κ2) is 7.61. The van der Waals surface area contributed by atoms with Crippen molar-refractivity contribution in [2.45, 2.75) is 49.8 Å². The van der Waals surface area contributed by atoms with Crippen LogP contribution in [0.25, 0.3) is 0 Å². The average Bonchev–Trinajstić information content (AvgIpc) is 3.29. The molecule has 9 heteroatoms. The Bertz CT molecular complexity index is 1080. The van der Waals surface area contributed by atoms with Gasteiger partial charge in [-0.2, -0.15) is 0 Å². The van der Waals surface area contributed by atoms with Crippen LogP contribution >= 0.6 is 0 Å². The van der Waals surface area contributed by atoms with Crippen molar-refractivity contribution in [1.29, 1.82) is 0 Å². The molecule has 0 spiro atoms. The number of sulfone groups is 1. The van der Waals surface area contributed by atoms with Gasteiger partial charge in [0.05, 0.1) is 4.90 Å². The fourth-order valence-corrected chi connectivity index (χ4v) is 5.43. The number of anilines is 1. The SMILES string of the molecule is O=C(CS(=O)(=O)c1cccc(OC(F)(F)F)c1)Nc1c2c(cc3c1CCC3)CCC2. The van der Waals surface area contributed by atoms with Gasteiger partial charge in [-0.05, 0) is 79.0 Å². The lowest BCUT2D eigenvalue weighted by Gasteiger charge is -2.16. The molecule has 0 saturated carbocycles. The van der Waals surface area contributed by atoms with Crippen LogP contribution < -0.4 is 10.1 Å². The van der Waals surface area contributed by atoms with E-state index in [0.29, 0.717) is 0 Å². The highest BCUT2D eigenvalue weighted by Gasteiger charge is 2.32. The second-order valence-corrected chi connectivity index (χ2v) is 9.55. The number of fused-ring (bicyclic) bond motifs is 2. The minimum absolute atomic E-state index is 0.400. The molecule has 0 aliphatic heterocycles. The Labute approximate surface area is 172 Å². The zero-order valence-electron chi connectivity index (χ0n) is 16.0. The standard InChI is InChI=1S/C21H20F3NO4S/c22-21(23,24)29-15-6-3-7-16(11-15)30(27,28)12-19(26)25-20-17-8-1-4-13(17)10-14-5-2-9-18(14)20/h3,6-7,10-11H,1-2,4-5,8-9,12H2,(H,25,26). The van der Waals surface area contributed by atoms with Gasteiger partial charge in [0.15, 0.2) is 9.84 Å². The zero-order valence-corrected chi connectivity index (χ0v) is 16.8. The van der Waals surface area contributed by atoms with Crippen LogP contribution in [-0.2, 0) is 40.3 Å². The predicted octanol–water partition coefficient (Wildman–Crippen LogP) is 3.98. The number of hydrogen-bond donors (Lipinski definition) is 1. The van der Waals surface area contributed by atoms with Crippen LogP contribution in [0.1, 0.15) is 35.1 Å². The van der Waals surface area contributed by atoms with Crippen molar-refractivity contribution in [1.82, 2.24) is 0 Å². The van der Waals surface area contributed by atoms with Crippen molar-refractivity contribution in [2.24, 2.45) is 0 Å². The highest BCUT2D eigenvalue weighted by atomic mass is 32.2. The van der Waals surface area contributed by atoms with E-state index in [2.05, 4.69) is 16.1 Å². The normalized spacial score (nSPS) is 15.6. The second-order valence-electron chi connectivity index (χ2n) is 7.56. The maximum atomic E-state index is 12.6. The number of amides is 1. The highest BCUT2D eigenvalue weighted by Crippen LogP contribution is 2.38. The van der Waals surface area contributed by atoms with Crippen LogP contribution in [-0.4, -0.2) is 26.4 Å². The number of benzene rings is 2. The molecule has 0 aromatic heterocycles. The maximum Gasteiger partial charge on any atom is 0.573 e. The van der Waals surface area contributed by atoms with Crippen molar-refractivity contribution >= 4 is 21.4 Å². The number of aryl methyl sites for hydroxylation is 2. The molecule has 5 nitrogen and oxygen atoms in total. The monoisotopic (exact) mass is 439 g/mol. The molecule has 2 aliphatic carbocycles. The quantitative estimate of drug-likeness (QED) is 0.765. The van der Waals surface area contributed by atoms with E-state index in [0.717, 1.165) is 79.6 Å². The Morgan fingerprint density at radius 2 is 1.63 bits per heavy atom. The van der Waals surface area contributed by atoms with E-state index in [-0.39, 0.29) is 0 Å². The number of carbonyl (C=O) groups excluding carboxylic acids is 1. The smallest absolute Gasteiger partial charge is 0.406 e. The zero-order chi connectivity index (χ0) is 21.5. The molecular formula is C21H20F3NO4S. The minimum Gasteiger partial charge on any atom is -0.406 e. The molecule has 0 heterocycles. The molecule has 0 unspecified atom stereocenters. The van der Waals surface area contributed by atoms with Crippen LogP contribution in [0.15, 0.2) is 35.2 Å². The lowest BCUT2D eigenvalue weighted by Crippen LogP contribution is -2.24. The Morgan fingerprint density at radius 1 is 1.00 bits per heavy atom. The maximum absolute atomic E-state index is 12.6. The molecule has 2 aliphatic rings. The van der Waals surface area contributed by atoms with Gasteiger partial charge in [0, 0.05) is 5.69 Å². The summed E-state index contributed by atoms with van der Waals surface area (Å²) in [4.78, 5) is 12.2. The highest BCUT2D eigenvalue weighted by molar-refractivity contribution is 7.92. The fourth-order valence-electron chi connectivity index (χ4n) is 4.26. The van der Waals surface area contributed by atoms with Crippen LogP contribution in [0.2, 0.25) is 0 Å². The fraction of sp³-hybridized carbons (Fsp3) is 0.381. The van der Waals surface area contributed by atoms with Crippen molar-refractivity contribution in [3.63, 3.8) is 0 Å². The number of alkyl halides is 3. The van der Waals surface area contributed by atoms with Crippen LogP contribution in [0.5, 0.6) is 5.75 Å². The molecule has 0 bridgehead atoms. The molecule has 0 radical (unpaired) electrons. The number of halogens is 3. The minimum atomic E-state index is -4.94. The van der Waals surface area contributed by atoms with Gasteiger partial charge in [0.2, 0.25) is 5.91 Å². The summed E-state index contributed by atoms with van der Waals surface area (Å²) in [5, 5.41) is 2.79. The first-order valence-electron chi connectivity index (χ1n) is 9.67. The summed E-state index contributed by atoms with van der Waals surface area (Å²) in [6.07, 6.45) is 0.597. The third-order valence-corrected chi connectivity index (χ3v) is 7.07. The molecule has 1 N–H and O–H groups in total. The number of ether oxygens (including phenoxy) is 1. The molecule has 160 valence electrons. The third-order valence-electron chi connectivity index (χ3n) is 5.46. The Hall–Kier alpha value is -2.55. The van der Waals surface area contributed by atoms with Crippen LogP contribution in [0.3, 0.4) is 0 Å². The number of hydrogen-bond acceptors (Lipinski definition) is 4. The van der Waals surface area contributed by atoms with Gasteiger partial charge in [-0.1, -0.05) is 12.1 Å². The molecular weight excluding hydrogens is 419 g/mol. The van der Waals surface area contributed by atoms with Gasteiger partial charge in [-0.15, -0.1) is 13.2 Å². The summed E-state index contributed by atoms with van der Waals surface area (Å²) < 4.78 is 66.2. The van der Waals surface area contributed by atoms with Crippen LogP contribution in [0, 0.1) is 0 Å². The van der Waals surface area contributed by atoms with Gasteiger partial charge in [-0.25, -0.2) is 8.42 Å². The average molecular weight is 439 g/mol. The summed E-state index contributed by atoms with van der Waals surface area (Å²) in [5.74, 6) is -2.21. The summed E-state index contributed by atoms with van der Waals surface area (Å²) >= 11 is 0. The van der Waals surface area contributed by atoms with Gasteiger partial charge in [0.25, 0.3) is 0 Å². The van der Waals surface area contributed by atoms with Gasteiger partial charge in [-0.3, -0.25) is 4.79 Å². The van der Waals surface area contributed by atoms with Gasteiger partial charge in [0.1, 0.15) is 11.5 Å². The van der Waals surface area contributed by atoms with Gasteiger partial charge < -0.3 is 10.1 Å². The molecule has 30 heavy (non-hydrogen) atoms. The van der Waals surface area contributed by atoms with E-state index >= 15 is 0 Å². The van der Waals surface area contributed by atoms with E-state index in [4.69, 9.17) is 0 Å². The van der Waals surface area contributed by atoms with E-state index < -0.39 is 38.5 Å². The van der Waals surface area contributed by atoms with Crippen LogP contribution in [0.4, 0.5) is 18.9 Å². The van der Waals surface area contributed by atoms with Crippen molar-refractivity contribution in [3.05, 3.63) is 52.6 Å². The van der Waals surface area contributed by atoms with Gasteiger partial charge >= 0.3 is 6.36 Å². The molecule has 2 aromatic rings. The number of nitrogens with one attached hydrogen (secondary N) is 1. The first-order valence-corrected chi connectivity index (χ1v) is 11.3. The van der Waals surface area contributed by atoms with Crippen molar-refractivity contribution in [3.8, 4) is 5.75 Å². The van der Waals surface area contributed by atoms with E-state index in [1.54, 1.807) is 0 Å². The molecule has 1 amide bonds. The predicted molar refractivity (Wildman–Crippen MR) is 104 cm³/mol. The van der Waals surface area contributed by atoms with Crippen molar-refractivity contribution in [2.75, 3.05) is 11.1 Å². The molecule has 0 atom stereocenters. The molecule has 0 saturated heterocycles. The summed E-state index contributed by atoms with van der Waals surface area (Å²) in [7, 11) is -4.15. The molecule has 2 aromatic carbocycles. The lowest BCUT2D eigenvalue weighted by molar-refractivity contribution is -0.274. The Morgan fingerprint density at radius 3 is 2.23 bits per heavy atom. The largest absolute Gasteiger partial charge is 0.573 e. The van der Waals surface area contributed by atoms with E-state index in [9.17, 15) is 26.4 Å². The summed E-state index contributed by atoms with van der Waals surface area (Å²) in [5.41, 5.74) is 5.27.